The number of pyridine rings is 4. The number of hydrogen-bond donors (Lipinski definition) is 0. The lowest BCUT2D eigenvalue weighted by molar-refractivity contribution is 0.0502. The first-order chi connectivity index (χ1) is 34.5. The topological polar surface area (TPSA) is 88.5 Å². The highest BCUT2D eigenvalue weighted by Gasteiger charge is 2.20. The summed E-state index contributed by atoms with van der Waals surface area (Å²) in [6.45, 7) is 4.65. The Morgan fingerprint density at radius 1 is 0.386 bits per heavy atom. The van der Waals surface area contributed by atoms with Gasteiger partial charge in [-0.15, -0.1) is 0 Å². The zero-order chi connectivity index (χ0) is 48.3. The standard InChI is InChI=1S/C62H62N4O4/c1-5-7-9-11-13-15-47-23-31-55(63-39-47)57-33-25-49(41-65-57)19-17-45-21-29-53-51(37-45)27-35-59(69-43-67-3)61(53)62-54-30-22-46(38-52(54)28-36-60(62)70-44-68-4)18-20-50-26-34-58(66-42-50)56-32-24-48(40-64-56)16-14-12-10-8-6-2/h21-42H,5-16,43-44H2,1-4H3. The number of aromatic nitrogens is 4. The maximum atomic E-state index is 6.26. The van der Waals surface area contributed by atoms with E-state index in [1.165, 1.54) is 75.3 Å². The predicted octanol–water partition coefficient (Wildman–Crippen LogP) is 14.4. The van der Waals surface area contributed by atoms with Crippen LogP contribution in [0.25, 0.3) is 55.4 Å². The van der Waals surface area contributed by atoms with Crippen LogP contribution in [0.2, 0.25) is 0 Å². The number of aryl methyl sites for hydroxylation is 2. The van der Waals surface area contributed by atoms with Crippen LogP contribution in [0.5, 0.6) is 11.5 Å². The number of ether oxygens (including phenoxy) is 4. The molecule has 4 heterocycles. The summed E-state index contributed by atoms with van der Waals surface area (Å²) in [6.07, 6.45) is 22.4. The number of rotatable bonds is 21. The van der Waals surface area contributed by atoms with Gasteiger partial charge in [-0.25, -0.2) is 0 Å². The number of unbranched alkanes of at least 4 members (excludes halogenated alkanes) is 8. The Morgan fingerprint density at radius 2 is 0.771 bits per heavy atom. The minimum atomic E-state index is 0.0755. The van der Waals surface area contributed by atoms with Crippen LogP contribution in [0.15, 0.2) is 134 Å². The van der Waals surface area contributed by atoms with Crippen molar-refractivity contribution in [2.75, 3.05) is 27.8 Å². The van der Waals surface area contributed by atoms with E-state index >= 15 is 0 Å². The molecule has 8 nitrogen and oxygen atoms in total. The highest BCUT2D eigenvalue weighted by molar-refractivity contribution is 6.10. The van der Waals surface area contributed by atoms with Crippen molar-refractivity contribution in [1.29, 1.82) is 0 Å². The van der Waals surface area contributed by atoms with E-state index in [1.807, 2.05) is 73.3 Å². The van der Waals surface area contributed by atoms with Gasteiger partial charge >= 0.3 is 0 Å². The quantitative estimate of drug-likeness (QED) is 0.0400. The van der Waals surface area contributed by atoms with Crippen molar-refractivity contribution < 1.29 is 18.9 Å². The maximum Gasteiger partial charge on any atom is 0.188 e. The van der Waals surface area contributed by atoms with Crippen LogP contribution in [-0.4, -0.2) is 47.7 Å². The van der Waals surface area contributed by atoms with E-state index < -0.39 is 0 Å². The minimum absolute atomic E-state index is 0.0755. The lowest BCUT2D eigenvalue weighted by Crippen LogP contribution is -2.04. The molecule has 354 valence electrons. The van der Waals surface area contributed by atoms with Crippen molar-refractivity contribution in [3.8, 4) is 69.1 Å². The summed E-state index contributed by atoms with van der Waals surface area (Å²) in [4.78, 5) is 18.8. The van der Waals surface area contributed by atoms with Crippen molar-refractivity contribution in [2.45, 2.75) is 90.9 Å². The third kappa shape index (κ3) is 13.0. The lowest BCUT2D eigenvalue weighted by atomic mass is 9.91. The van der Waals surface area contributed by atoms with Crippen molar-refractivity contribution in [3.05, 3.63) is 167 Å². The summed E-state index contributed by atoms with van der Waals surface area (Å²) < 4.78 is 23.3. The number of nitrogens with zero attached hydrogens (tertiary/aromatic N) is 4. The normalized spacial score (nSPS) is 11.0. The molecule has 0 spiro atoms. The van der Waals surface area contributed by atoms with E-state index in [0.717, 1.165) is 90.5 Å². The van der Waals surface area contributed by atoms with Crippen LogP contribution in [-0.2, 0) is 22.3 Å². The molecule has 8 aromatic rings. The molecule has 0 aliphatic heterocycles. The summed E-state index contributed by atoms with van der Waals surface area (Å²) in [5.41, 5.74) is 11.0. The molecule has 70 heavy (non-hydrogen) atoms. The number of hydrogen-bond acceptors (Lipinski definition) is 8. The first-order valence-electron chi connectivity index (χ1n) is 24.8. The van der Waals surface area contributed by atoms with E-state index in [1.54, 1.807) is 14.2 Å². The third-order valence-electron chi connectivity index (χ3n) is 12.4. The minimum Gasteiger partial charge on any atom is -0.467 e. The molecular formula is C62H62N4O4. The van der Waals surface area contributed by atoms with Gasteiger partial charge in [-0.1, -0.05) is 125 Å². The zero-order valence-electron chi connectivity index (χ0n) is 41.0. The van der Waals surface area contributed by atoms with Crippen molar-refractivity contribution in [1.82, 2.24) is 19.9 Å². The van der Waals surface area contributed by atoms with Crippen LogP contribution in [0.4, 0.5) is 0 Å². The van der Waals surface area contributed by atoms with Gasteiger partial charge in [-0.2, -0.15) is 0 Å². The fourth-order valence-corrected chi connectivity index (χ4v) is 8.62. The largest absolute Gasteiger partial charge is 0.467 e. The SMILES string of the molecule is CCCCCCCc1ccc(-c2ccc(C#Cc3ccc4c(-c5c(OCOC)ccc6cc(C#Cc7ccc(-c8ccc(CCCCCCC)cn8)nc7)ccc56)c(OCOC)ccc4c3)cn2)nc1. The summed E-state index contributed by atoms with van der Waals surface area (Å²) in [7, 11) is 3.23. The highest BCUT2D eigenvalue weighted by Crippen LogP contribution is 2.46. The van der Waals surface area contributed by atoms with E-state index in [9.17, 15) is 0 Å². The first kappa shape index (κ1) is 49.1. The first-order valence-corrected chi connectivity index (χ1v) is 24.8. The average Bonchev–Trinajstić information content (AvgIpc) is 3.41. The Labute approximate surface area is 413 Å². The number of benzene rings is 4. The van der Waals surface area contributed by atoms with Crippen molar-refractivity contribution in [2.24, 2.45) is 0 Å². The highest BCUT2D eigenvalue weighted by atomic mass is 16.7. The molecule has 0 amide bonds. The molecular weight excluding hydrogens is 865 g/mol. The van der Waals surface area contributed by atoms with Crippen LogP contribution in [0, 0.1) is 23.7 Å². The van der Waals surface area contributed by atoms with Crippen LogP contribution >= 0.6 is 0 Å². The molecule has 4 aromatic carbocycles. The van der Waals surface area contributed by atoms with Crippen molar-refractivity contribution >= 4 is 21.5 Å². The fourth-order valence-electron chi connectivity index (χ4n) is 8.62. The maximum absolute atomic E-state index is 6.26. The lowest BCUT2D eigenvalue weighted by Gasteiger charge is -2.19. The summed E-state index contributed by atoms with van der Waals surface area (Å²) in [5, 5.41) is 3.93. The van der Waals surface area contributed by atoms with Crippen LogP contribution in [0.1, 0.15) is 111 Å². The fraction of sp³-hybridized carbons (Fsp3) is 0.290. The Bertz CT molecular complexity index is 2880. The second-order valence-corrected chi connectivity index (χ2v) is 17.6. The van der Waals surface area contributed by atoms with Gasteiger partial charge < -0.3 is 18.9 Å². The summed E-state index contributed by atoms with van der Waals surface area (Å²) >= 11 is 0. The number of methoxy groups -OCH3 is 2. The van der Waals surface area contributed by atoms with E-state index in [-0.39, 0.29) is 13.6 Å². The van der Waals surface area contributed by atoms with Crippen LogP contribution < -0.4 is 9.47 Å². The van der Waals surface area contributed by atoms with Gasteiger partial charge in [0.15, 0.2) is 13.6 Å². The van der Waals surface area contributed by atoms with Gasteiger partial charge in [-0.05, 0) is 131 Å². The molecule has 0 fully saturated rings. The second kappa shape index (κ2) is 25.3. The molecule has 0 aliphatic carbocycles. The van der Waals surface area contributed by atoms with Crippen LogP contribution in [0.3, 0.4) is 0 Å². The van der Waals surface area contributed by atoms with E-state index in [0.29, 0.717) is 11.5 Å². The Morgan fingerprint density at radius 3 is 1.14 bits per heavy atom. The molecule has 8 heteroatoms. The molecule has 0 saturated heterocycles. The smallest absolute Gasteiger partial charge is 0.188 e. The average molecular weight is 927 g/mol. The molecule has 0 radical (unpaired) electrons. The second-order valence-electron chi connectivity index (χ2n) is 17.6. The van der Waals surface area contributed by atoms with Gasteiger partial charge in [0.1, 0.15) is 11.5 Å². The predicted molar refractivity (Wildman–Crippen MR) is 284 cm³/mol. The monoisotopic (exact) mass is 926 g/mol. The summed E-state index contributed by atoms with van der Waals surface area (Å²) in [6, 6.07) is 37.0. The van der Waals surface area contributed by atoms with Gasteiger partial charge in [0, 0.05) is 72.4 Å². The molecule has 8 rings (SSSR count). The Hall–Kier alpha value is -7.36. The molecule has 0 N–H and O–H groups in total. The molecule has 0 unspecified atom stereocenters. The molecule has 4 aromatic heterocycles. The number of fused-ring (bicyclic) bond motifs is 2. The third-order valence-corrected chi connectivity index (χ3v) is 12.4. The molecule has 0 saturated carbocycles. The van der Waals surface area contributed by atoms with Gasteiger partial charge in [-0.3, -0.25) is 19.9 Å². The Balaban J connectivity index is 1.02. The van der Waals surface area contributed by atoms with Gasteiger partial charge in [0.2, 0.25) is 0 Å². The van der Waals surface area contributed by atoms with Crippen molar-refractivity contribution in [3.63, 3.8) is 0 Å². The van der Waals surface area contributed by atoms with Gasteiger partial charge in [0.25, 0.3) is 0 Å². The molecule has 0 bridgehead atoms. The summed E-state index contributed by atoms with van der Waals surface area (Å²) in [5.74, 6) is 14.7. The molecule has 0 aliphatic rings. The van der Waals surface area contributed by atoms with E-state index in [4.69, 9.17) is 38.9 Å². The van der Waals surface area contributed by atoms with Gasteiger partial charge in [0.05, 0.1) is 22.8 Å². The molecule has 0 atom stereocenters. The zero-order valence-corrected chi connectivity index (χ0v) is 41.0. The van der Waals surface area contributed by atoms with E-state index in [2.05, 4.69) is 98.2 Å². The Kier molecular flexibility index (Phi) is 17.7.